The molecule has 0 heterocycles. The van der Waals surface area contributed by atoms with Gasteiger partial charge in [-0.1, -0.05) is 27.7 Å². The Bertz CT molecular complexity index is 289. The van der Waals surface area contributed by atoms with Crippen molar-refractivity contribution in [1.82, 2.24) is 10.7 Å². The number of hydrazine groups is 1. The van der Waals surface area contributed by atoms with Gasteiger partial charge in [-0.25, -0.2) is 5.84 Å². The number of hydrogen-bond acceptors (Lipinski definition) is 3. The second kappa shape index (κ2) is 6.38. The first-order valence-electron chi connectivity index (χ1n) is 6.81. The maximum absolute atomic E-state index is 5.71. The summed E-state index contributed by atoms with van der Waals surface area (Å²) >= 11 is 0. The summed E-state index contributed by atoms with van der Waals surface area (Å²) in [5, 5.41) is 3.37. The zero-order valence-electron chi connectivity index (χ0n) is 12.3. The van der Waals surface area contributed by atoms with Crippen LogP contribution < -0.4 is 16.6 Å². The van der Waals surface area contributed by atoms with Gasteiger partial charge in [0.1, 0.15) is 0 Å². The number of guanidine groups is 1. The number of nitrogens with two attached hydrogens (primary N) is 1. The Hall–Kier alpha value is -0.810. The van der Waals surface area contributed by atoms with E-state index in [1.165, 1.54) is 0 Å². The van der Waals surface area contributed by atoms with Gasteiger partial charge in [-0.15, -0.1) is 0 Å². The summed E-state index contributed by atoms with van der Waals surface area (Å²) in [7, 11) is 0. The standard InChI is InChI=1S/C13H28N4O/c1-6-18-11-7-10(13(11,4)5)16-12(17-14)15-8-9(2)3/h9-11H,6-8,14H2,1-5H3,(H2,15,16,17). The van der Waals surface area contributed by atoms with Crippen LogP contribution in [0.1, 0.15) is 41.0 Å². The highest BCUT2D eigenvalue weighted by atomic mass is 16.5. The molecule has 5 heteroatoms. The molecule has 1 saturated carbocycles. The topological polar surface area (TPSA) is 71.7 Å². The molecule has 1 fully saturated rings. The molecule has 18 heavy (non-hydrogen) atoms. The highest BCUT2D eigenvalue weighted by Crippen LogP contribution is 2.42. The quantitative estimate of drug-likeness (QED) is 0.300. The summed E-state index contributed by atoms with van der Waals surface area (Å²) in [6, 6.07) is 0.357. The van der Waals surface area contributed by atoms with Crippen molar-refractivity contribution >= 4 is 5.96 Å². The minimum absolute atomic E-state index is 0.117. The second-order valence-electron chi connectivity index (χ2n) is 5.93. The van der Waals surface area contributed by atoms with Crippen molar-refractivity contribution < 1.29 is 4.74 Å². The Morgan fingerprint density at radius 3 is 2.61 bits per heavy atom. The molecule has 0 spiro atoms. The van der Waals surface area contributed by atoms with Crippen LogP contribution in [0.2, 0.25) is 0 Å². The normalized spacial score (nSPS) is 26.9. The number of nitrogens with zero attached hydrogens (tertiary/aromatic N) is 1. The molecule has 2 atom stereocenters. The summed E-state index contributed by atoms with van der Waals surface area (Å²) in [5.74, 6) is 6.70. The number of hydrogen-bond donors (Lipinski definition) is 3. The van der Waals surface area contributed by atoms with Crippen LogP contribution >= 0.6 is 0 Å². The predicted molar refractivity (Wildman–Crippen MR) is 75.2 cm³/mol. The van der Waals surface area contributed by atoms with Gasteiger partial charge in [0.15, 0.2) is 0 Å². The molecule has 1 rings (SSSR count). The van der Waals surface area contributed by atoms with E-state index in [0.717, 1.165) is 19.6 Å². The summed E-state index contributed by atoms with van der Waals surface area (Å²) < 4.78 is 5.71. The number of rotatable bonds is 5. The van der Waals surface area contributed by atoms with Gasteiger partial charge in [-0.2, -0.15) is 0 Å². The van der Waals surface area contributed by atoms with Crippen molar-refractivity contribution in [2.45, 2.75) is 53.2 Å². The van der Waals surface area contributed by atoms with Gasteiger partial charge in [0.05, 0.1) is 6.10 Å². The minimum Gasteiger partial charge on any atom is -0.378 e. The van der Waals surface area contributed by atoms with E-state index in [4.69, 9.17) is 10.6 Å². The van der Waals surface area contributed by atoms with Crippen LogP contribution in [0.4, 0.5) is 0 Å². The highest BCUT2D eigenvalue weighted by molar-refractivity contribution is 5.79. The predicted octanol–water partition coefficient (Wildman–Crippen LogP) is 1.25. The highest BCUT2D eigenvalue weighted by Gasteiger charge is 2.49. The zero-order valence-corrected chi connectivity index (χ0v) is 12.3. The lowest BCUT2D eigenvalue weighted by atomic mass is 9.64. The van der Waals surface area contributed by atoms with Crippen LogP contribution in [0.3, 0.4) is 0 Å². The Balaban J connectivity index is 2.50. The first-order valence-corrected chi connectivity index (χ1v) is 6.81. The third kappa shape index (κ3) is 3.59. The van der Waals surface area contributed by atoms with E-state index in [2.05, 4.69) is 43.4 Å². The van der Waals surface area contributed by atoms with Crippen molar-refractivity contribution in [2.24, 2.45) is 22.2 Å². The van der Waals surface area contributed by atoms with E-state index in [-0.39, 0.29) is 5.41 Å². The zero-order chi connectivity index (χ0) is 13.8. The van der Waals surface area contributed by atoms with E-state index >= 15 is 0 Å². The molecule has 0 radical (unpaired) electrons. The fraction of sp³-hybridized carbons (Fsp3) is 0.923. The maximum atomic E-state index is 5.71. The molecule has 106 valence electrons. The third-order valence-corrected chi connectivity index (χ3v) is 3.61. The lowest BCUT2D eigenvalue weighted by Crippen LogP contribution is -2.64. The Kier molecular flexibility index (Phi) is 5.41. The molecule has 1 aliphatic rings. The molecule has 2 unspecified atom stereocenters. The molecule has 4 N–H and O–H groups in total. The fourth-order valence-corrected chi connectivity index (χ4v) is 2.19. The SMILES string of the molecule is CCOC1CC(NC(=NCC(C)C)NN)C1(C)C. The molecule has 0 aromatic rings. The van der Waals surface area contributed by atoms with Gasteiger partial charge in [-0.3, -0.25) is 10.4 Å². The lowest BCUT2D eigenvalue weighted by molar-refractivity contribution is -0.109. The molecule has 0 aliphatic heterocycles. The summed E-state index contributed by atoms with van der Waals surface area (Å²) in [6.45, 7) is 12.3. The second-order valence-corrected chi connectivity index (χ2v) is 5.93. The van der Waals surface area contributed by atoms with Crippen LogP contribution in [0, 0.1) is 11.3 Å². The minimum atomic E-state index is 0.117. The smallest absolute Gasteiger partial charge is 0.205 e. The van der Waals surface area contributed by atoms with Crippen molar-refractivity contribution in [1.29, 1.82) is 0 Å². The monoisotopic (exact) mass is 256 g/mol. The van der Waals surface area contributed by atoms with Gasteiger partial charge in [0.2, 0.25) is 5.96 Å². The van der Waals surface area contributed by atoms with Crippen LogP contribution in [0.15, 0.2) is 4.99 Å². The molecule has 5 nitrogen and oxygen atoms in total. The van der Waals surface area contributed by atoms with Gasteiger partial charge < -0.3 is 10.1 Å². The van der Waals surface area contributed by atoms with Crippen molar-refractivity contribution in [3.05, 3.63) is 0 Å². The maximum Gasteiger partial charge on any atom is 0.205 e. The molecule has 1 aliphatic carbocycles. The lowest BCUT2D eigenvalue weighted by Gasteiger charge is -2.51. The Labute approximate surface area is 111 Å². The van der Waals surface area contributed by atoms with Gasteiger partial charge in [-0.05, 0) is 19.3 Å². The third-order valence-electron chi connectivity index (χ3n) is 3.61. The summed E-state index contributed by atoms with van der Waals surface area (Å²) in [4.78, 5) is 4.43. The average molecular weight is 256 g/mol. The summed E-state index contributed by atoms with van der Waals surface area (Å²) in [6.07, 6.45) is 1.33. The van der Waals surface area contributed by atoms with Crippen LogP contribution in [-0.4, -0.2) is 31.3 Å². The Morgan fingerprint density at radius 1 is 1.50 bits per heavy atom. The van der Waals surface area contributed by atoms with E-state index in [9.17, 15) is 0 Å². The first kappa shape index (κ1) is 15.2. The number of aliphatic imine (C=N–C) groups is 1. The Morgan fingerprint density at radius 2 is 2.17 bits per heavy atom. The van der Waals surface area contributed by atoms with Gasteiger partial charge >= 0.3 is 0 Å². The molecular formula is C13H28N4O. The van der Waals surface area contributed by atoms with Gasteiger partial charge in [0, 0.05) is 24.6 Å². The van der Waals surface area contributed by atoms with Crippen molar-refractivity contribution in [3.8, 4) is 0 Å². The largest absolute Gasteiger partial charge is 0.378 e. The number of nitrogens with one attached hydrogen (secondary N) is 2. The van der Waals surface area contributed by atoms with Crippen LogP contribution in [-0.2, 0) is 4.74 Å². The molecule has 0 aromatic heterocycles. The van der Waals surface area contributed by atoms with Crippen molar-refractivity contribution in [3.63, 3.8) is 0 Å². The fourth-order valence-electron chi connectivity index (χ4n) is 2.19. The molecule has 0 aromatic carbocycles. The molecular weight excluding hydrogens is 228 g/mol. The molecule has 0 saturated heterocycles. The van der Waals surface area contributed by atoms with Gasteiger partial charge in [0.25, 0.3) is 0 Å². The number of ether oxygens (including phenoxy) is 1. The van der Waals surface area contributed by atoms with Crippen LogP contribution in [0.5, 0.6) is 0 Å². The van der Waals surface area contributed by atoms with E-state index in [1.807, 2.05) is 6.92 Å². The summed E-state index contributed by atoms with van der Waals surface area (Å²) in [5.41, 5.74) is 2.76. The van der Waals surface area contributed by atoms with Crippen molar-refractivity contribution in [2.75, 3.05) is 13.2 Å². The van der Waals surface area contributed by atoms with E-state index in [1.54, 1.807) is 0 Å². The molecule has 0 bridgehead atoms. The first-order chi connectivity index (χ1) is 8.41. The van der Waals surface area contributed by atoms with Crippen LogP contribution in [0.25, 0.3) is 0 Å². The van der Waals surface area contributed by atoms with E-state index < -0.39 is 0 Å². The molecule has 0 amide bonds. The average Bonchev–Trinajstić information content (AvgIpc) is 2.31. The van der Waals surface area contributed by atoms with E-state index in [0.29, 0.717) is 24.0 Å².